The number of piperidine rings is 1. The summed E-state index contributed by atoms with van der Waals surface area (Å²) in [5.41, 5.74) is 0. The van der Waals surface area contributed by atoms with E-state index in [-0.39, 0.29) is 5.91 Å². The van der Waals surface area contributed by atoms with Crippen molar-refractivity contribution in [1.82, 2.24) is 10.2 Å². The third-order valence-electron chi connectivity index (χ3n) is 2.88. The van der Waals surface area contributed by atoms with Crippen LogP contribution in [0.1, 0.15) is 6.42 Å². The van der Waals surface area contributed by atoms with Crippen LogP contribution in [-0.2, 0) is 4.79 Å². The lowest BCUT2D eigenvalue weighted by molar-refractivity contribution is -0.131. The molecular formula is C9H16N2O2. The van der Waals surface area contributed by atoms with Gasteiger partial charge in [0.05, 0.1) is 6.10 Å². The molecule has 1 heterocycles. The van der Waals surface area contributed by atoms with E-state index in [4.69, 9.17) is 0 Å². The number of aliphatic hydroxyl groups excluding tert-OH is 1. The van der Waals surface area contributed by atoms with Gasteiger partial charge in [-0.1, -0.05) is 0 Å². The van der Waals surface area contributed by atoms with Crippen molar-refractivity contribution in [2.45, 2.75) is 12.5 Å². The van der Waals surface area contributed by atoms with Crippen LogP contribution >= 0.6 is 0 Å². The number of nitrogens with one attached hydrogen (secondary N) is 1. The second kappa shape index (κ2) is 3.27. The summed E-state index contributed by atoms with van der Waals surface area (Å²) in [6, 6.07) is 0. The number of likely N-dealkylation sites (N-methyl/N-ethyl adjacent to an activating group) is 1. The maximum Gasteiger partial charge on any atom is 0.226 e. The number of carbonyl (C=O) groups is 1. The fraction of sp³-hybridized carbons (Fsp3) is 0.889. The lowest BCUT2D eigenvalue weighted by Crippen LogP contribution is -2.39. The van der Waals surface area contributed by atoms with Gasteiger partial charge in [0.15, 0.2) is 0 Å². The quantitative estimate of drug-likeness (QED) is 0.592. The number of nitrogens with zero attached hydrogens (tertiary/aromatic N) is 1. The van der Waals surface area contributed by atoms with Gasteiger partial charge in [0.25, 0.3) is 0 Å². The van der Waals surface area contributed by atoms with E-state index in [1.54, 1.807) is 11.9 Å². The van der Waals surface area contributed by atoms with Crippen molar-refractivity contribution in [2.24, 2.45) is 11.8 Å². The minimum absolute atomic E-state index is 0.250. The molecule has 2 fully saturated rings. The molecule has 3 unspecified atom stereocenters. The minimum Gasteiger partial charge on any atom is -0.390 e. The number of carbonyl (C=O) groups excluding carboxylic acids is 1. The summed E-state index contributed by atoms with van der Waals surface area (Å²) in [5.74, 6) is 1.16. The van der Waals surface area contributed by atoms with Gasteiger partial charge >= 0.3 is 0 Å². The molecule has 1 saturated carbocycles. The number of amides is 1. The molecule has 1 aliphatic carbocycles. The van der Waals surface area contributed by atoms with Gasteiger partial charge in [-0.15, -0.1) is 0 Å². The average molecular weight is 184 g/mol. The second-order valence-corrected chi connectivity index (χ2v) is 4.06. The molecule has 3 atom stereocenters. The predicted octanol–water partition coefficient (Wildman–Crippen LogP) is -0.955. The second-order valence-electron chi connectivity index (χ2n) is 4.06. The van der Waals surface area contributed by atoms with Gasteiger partial charge in [-0.2, -0.15) is 0 Å². The van der Waals surface area contributed by atoms with Crippen molar-refractivity contribution in [1.29, 1.82) is 0 Å². The van der Waals surface area contributed by atoms with Gasteiger partial charge in [0, 0.05) is 25.6 Å². The van der Waals surface area contributed by atoms with E-state index in [2.05, 4.69) is 5.32 Å². The van der Waals surface area contributed by atoms with Crippen molar-refractivity contribution in [3.63, 3.8) is 0 Å². The van der Waals surface area contributed by atoms with Crippen LogP contribution in [0.25, 0.3) is 0 Å². The molecule has 4 heteroatoms. The highest BCUT2D eigenvalue weighted by atomic mass is 16.3. The van der Waals surface area contributed by atoms with Crippen molar-refractivity contribution in [3.05, 3.63) is 0 Å². The van der Waals surface area contributed by atoms with E-state index in [0.29, 0.717) is 24.9 Å². The Labute approximate surface area is 77.9 Å². The SMILES string of the molecule is CNCC(O)CN1CC2CC2C1=O. The van der Waals surface area contributed by atoms with Crippen LogP contribution in [0.2, 0.25) is 0 Å². The summed E-state index contributed by atoms with van der Waals surface area (Å²) in [5, 5.41) is 12.4. The molecule has 0 bridgehead atoms. The Balaban J connectivity index is 1.79. The number of likely N-dealkylation sites (tertiary alicyclic amines) is 1. The first kappa shape index (κ1) is 8.97. The van der Waals surface area contributed by atoms with E-state index < -0.39 is 6.10 Å². The molecule has 0 radical (unpaired) electrons. The van der Waals surface area contributed by atoms with Crippen molar-refractivity contribution in [3.8, 4) is 0 Å². The van der Waals surface area contributed by atoms with Crippen molar-refractivity contribution >= 4 is 5.91 Å². The van der Waals surface area contributed by atoms with Crippen LogP contribution in [0.5, 0.6) is 0 Å². The molecule has 1 aliphatic heterocycles. The van der Waals surface area contributed by atoms with Crippen LogP contribution in [-0.4, -0.2) is 48.7 Å². The molecule has 1 saturated heterocycles. The lowest BCUT2D eigenvalue weighted by atomic mass is 10.3. The van der Waals surface area contributed by atoms with Crippen LogP contribution in [0, 0.1) is 11.8 Å². The molecule has 2 aliphatic rings. The zero-order chi connectivity index (χ0) is 9.42. The van der Waals surface area contributed by atoms with Gasteiger partial charge in [0.1, 0.15) is 0 Å². The molecule has 74 valence electrons. The maximum atomic E-state index is 11.5. The number of aliphatic hydroxyl groups is 1. The first-order valence-corrected chi connectivity index (χ1v) is 4.84. The molecular weight excluding hydrogens is 168 g/mol. The summed E-state index contributed by atoms with van der Waals surface area (Å²) in [6.07, 6.45) is 0.656. The Kier molecular flexibility index (Phi) is 2.26. The Bertz CT molecular complexity index is 220. The van der Waals surface area contributed by atoms with E-state index in [1.165, 1.54) is 0 Å². The normalized spacial score (nSPS) is 33.4. The molecule has 4 nitrogen and oxygen atoms in total. The number of hydrogen-bond acceptors (Lipinski definition) is 3. The molecule has 2 rings (SSSR count). The van der Waals surface area contributed by atoms with Crippen molar-refractivity contribution in [2.75, 3.05) is 26.7 Å². The highest BCUT2D eigenvalue weighted by molar-refractivity contribution is 5.84. The lowest BCUT2D eigenvalue weighted by Gasteiger charge is -2.21. The maximum absolute atomic E-state index is 11.5. The number of β-amino-alcohol motifs (C(OH)–C–C–N with tert-alkyl or cyclic N) is 1. The highest BCUT2D eigenvalue weighted by Crippen LogP contribution is 2.45. The van der Waals surface area contributed by atoms with E-state index in [9.17, 15) is 9.90 Å². The summed E-state index contributed by atoms with van der Waals surface area (Å²) >= 11 is 0. The zero-order valence-electron chi connectivity index (χ0n) is 7.86. The van der Waals surface area contributed by atoms with Gasteiger partial charge in [-0.05, 0) is 19.4 Å². The molecule has 2 N–H and O–H groups in total. The van der Waals surface area contributed by atoms with E-state index in [0.717, 1.165) is 13.0 Å². The van der Waals surface area contributed by atoms with Gasteiger partial charge < -0.3 is 15.3 Å². The monoisotopic (exact) mass is 184 g/mol. The molecule has 1 amide bonds. The minimum atomic E-state index is -0.425. The molecule has 13 heavy (non-hydrogen) atoms. The summed E-state index contributed by atoms with van der Waals surface area (Å²) in [6.45, 7) is 1.91. The Morgan fingerprint density at radius 1 is 1.77 bits per heavy atom. The average Bonchev–Trinajstić information content (AvgIpc) is 2.76. The van der Waals surface area contributed by atoms with Gasteiger partial charge in [-0.3, -0.25) is 4.79 Å². The Morgan fingerprint density at radius 3 is 3.08 bits per heavy atom. The summed E-state index contributed by atoms with van der Waals surface area (Å²) in [4.78, 5) is 13.3. The summed E-state index contributed by atoms with van der Waals surface area (Å²) < 4.78 is 0. The van der Waals surface area contributed by atoms with Gasteiger partial charge in [-0.25, -0.2) is 0 Å². The zero-order valence-corrected chi connectivity index (χ0v) is 7.86. The molecule has 0 aromatic carbocycles. The third kappa shape index (κ3) is 1.69. The highest BCUT2D eigenvalue weighted by Gasteiger charge is 2.52. The van der Waals surface area contributed by atoms with Crippen LogP contribution in [0.3, 0.4) is 0 Å². The van der Waals surface area contributed by atoms with E-state index in [1.807, 2.05) is 0 Å². The number of rotatable bonds is 4. The first-order chi connectivity index (χ1) is 6.22. The summed E-state index contributed by atoms with van der Waals surface area (Å²) in [7, 11) is 1.80. The van der Waals surface area contributed by atoms with E-state index >= 15 is 0 Å². The van der Waals surface area contributed by atoms with Crippen LogP contribution in [0.4, 0.5) is 0 Å². The topological polar surface area (TPSA) is 52.6 Å². The largest absolute Gasteiger partial charge is 0.390 e. The van der Waals surface area contributed by atoms with Crippen molar-refractivity contribution < 1.29 is 9.90 Å². The molecule has 0 aromatic rings. The Hall–Kier alpha value is -0.610. The number of fused-ring (bicyclic) bond motifs is 1. The number of hydrogen-bond donors (Lipinski definition) is 2. The standard InChI is InChI=1S/C9H16N2O2/c1-10-3-7(12)5-11-4-6-2-8(6)9(11)13/h6-8,10,12H,2-5H2,1H3. The van der Waals surface area contributed by atoms with Crippen LogP contribution in [0.15, 0.2) is 0 Å². The first-order valence-electron chi connectivity index (χ1n) is 4.84. The fourth-order valence-electron chi connectivity index (χ4n) is 2.08. The molecule has 0 aromatic heterocycles. The predicted molar refractivity (Wildman–Crippen MR) is 48.1 cm³/mol. The fourth-order valence-corrected chi connectivity index (χ4v) is 2.08. The Morgan fingerprint density at radius 2 is 2.54 bits per heavy atom. The third-order valence-corrected chi connectivity index (χ3v) is 2.88. The van der Waals surface area contributed by atoms with Gasteiger partial charge in [0.2, 0.25) is 5.91 Å². The molecule has 0 spiro atoms. The smallest absolute Gasteiger partial charge is 0.226 e. The van der Waals surface area contributed by atoms with Crippen LogP contribution < -0.4 is 5.32 Å².